The Hall–Kier alpha value is -0.610. The smallest absolute Gasteiger partial charge is 0.220 e. The van der Waals surface area contributed by atoms with Gasteiger partial charge in [-0.2, -0.15) is 0 Å². The summed E-state index contributed by atoms with van der Waals surface area (Å²) in [6.07, 6.45) is 5.64. The molecule has 0 bridgehead atoms. The van der Waals surface area contributed by atoms with Gasteiger partial charge in [0.2, 0.25) is 5.91 Å². The third-order valence-corrected chi connectivity index (χ3v) is 4.35. The molecule has 1 heterocycles. The summed E-state index contributed by atoms with van der Waals surface area (Å²) in [7, 11) is 2.17. The van der Waals surface area contributed by atoms with Crippen LogP contribution in [0.25, 0.3) is 0 Å². The predicted octanol–water partition coefficient (Wildman–Crippen LogP) is 0.975. The van der Waals surface area contributed by atoms with Crippen molar-refractivity contribution in [2.75, 3.05) is 26.7 Å². The van der Waals surface area contributed by atoms with E-state index in [-0.39, 0.29) is 5.91 Å². The Morgan fingerprint density at radius 2 is 2.00 bits per heavy atom. The first-order valence-corrected chi connectivity index (χ1v) is 7.36. The molecule has 1 unspecified atom stereocenters. The molecular formula is C14H27N3O. The van der Waals surface area contributed by atoms with Gasteiger partial charge >= 0.3 is 0 Å². The minimum atomic E-state index is 0.234. The molecule has 1 saturated heterocycles. The van der Waals surface area contributed by atoms with Crippen molar-refractivity contribution < 1.29 is 4.79 Å². The number of nitrogens with one attached hydrogen (secondary N) is 2. The van der Waals surface area contributed by atoms with E-state index in [0.717, 1.165) is 38.5 Å². The third-order valence-electron chi connectivity index (χ3n) is 4.35. The van der Waals surface area contributed by atoms with Crippen LogP contribution in [-0.2, 0) is 4.79 Å². The average molecular weight is 253 g/mol. The van der Waals surface area contributed by atoms with Gasteiger partial charge in [0.1, 0.15) is 0 Å². The number of rotatable bonds is 6. The first-order valence-electron chi connectivity index (χ1n) is 7.36. The first-order chi connectivity index (χ1) is 8.66. The molecule has 2 rings (SSSR count). The number of hydrogen-bond acceptors (Lipinski definition) is 3. The minimum absolute atomic E-state index is 0.234. The Bertz CT molecular complexity index is 272. The van der Waals surface area contributed by atoms with Gasteiger partial charge in [-0.05, 0) is 58.7 Å². The van der Waals surface area contributed by atoms with E-state index in [9.17, 15) is 4.79 Å². The zero-order chi connectivity index (χ0) is 13.0. The van der Waals surface area contributed by atoms with Crippen LogP contribution in [0.2, 0.25) is 0 Å². The van der Waals surface area contributed by atoms with Crippen LogP contribution >= 0.6 is 0 Å². The highest BCUT2D eigenvalue weighted by Gasteiger charge is 2.29. The van der Waals surface area contributed by atoms with Crippen molar-refractivity contribution in [2.24, 2.45) is 5.92 Å². The SMILES string of the molecule is CC(CNC(=O)CC1CCNCC1)N(C)C1CC1. The van der Waals surface area contributed by atoms with E-state index in [1.807, 2.05) is 0 Å². The summed E-state index contributed by atoms with van der Waals surface area (Å²) in [4.78, 5) is 14.3. The van der Waals surface area contributed by atoms with Crippen molar-refractivity contribution in [3.05, 3.63) is 0 Å². The predicted molar refractivity (Wildman–Crippen MR) is 73.5 cm³/mol. The van der Waals surface area contributed by atoms with E-state index in [1.54, 1.807) is 0 Å². The van der Waals surface area contributed by atoms with Crippen LogP contribution in [0, 0.1) is 5.92 Å². The maximum Gasteiger partial charge on any atom is 0.220 e. The molecule has 0 aromatic heterocycles. The van der Waals surface area contributed by atoms with Gasteiger partial charge in [0.15, 0.2) is 0 Å². The summed E-state index contributed by atoms with van der Waals surface area (Å²) in [6.45, 7) is 5.12. The third kappa shape index (κ3) is 4.25. The van der Waals surface area contributed by atoms with Crippen LogP contribution in [0.15, 0.2) is 0 Å². The van der Waals surface area contributed by atoms with Gasteiger partial charge in [-0.1, -0.05) is 0 Å². The fourth-order valence-corrected chi connectivity index (χ4v) is 2.67. The lowest BCUT2D eigenvalue weighted by Gasteiger charge is -2.26. The van der Waals surface area contributed by atoms with Crippen molar-refractivity contribution in [3.63, 3.8) is 0 Å². The van der Waals surface area contributed by atoms with Crippen molar-refractivity contribution in [1.82, 2.24) is 15.5 Å². The fraction of sp³-hybridized carbons (Fsp3) is 0.929. The molecular weight excluding hydrogens is 226 g/mol. The molecule has 104 valence electrons. The summed E-state index contributed by atoms with van der Waals surface area (Å²) in [6, 6.07) is 1.22. The molecule has 1 aliphatic carbocycles. The highest BCUT2D eigenvalue weighted by atomic mass is 16.1. The summed E-state index contributed by atoms with van der Waals surface area (Å²) in [5.41, 5.74) is 0. The Kier molecular flexibility index (Phi) is 5.01. The first kappa shape index (κ1) is 13.8. The molecule has 1 aliphatic heterocycles. The van der Waals surface area contributed by atoms with E-state index in [4.69, 9.17) is 0 Å². The summed E-state index contributed by atoms with van der Waals surface area (Å²) >= 11 is 0. The van der Waals surface area contributed by atoms with Crippen molar-refractivity contribution >= 4 is 5.91 Å². The molecule has 2 N–H and O–H groups in total. The van der Waals surface area contributed by atoms with Crippen LogP contribution in [0.3, 0.4) is 0 Å². The van der Waals surface area contributed by atoms with Crippen molar-refractivity contribution in [1.29, 1.82) is 0 Å². The van der Waals surface area contributed by atoms with Gasteiger partial charge in [0.25, 0.3) is 0 Å². The highest BCUT2D eigenvalue weighted by molar-refractivity contribution is 5.76. The molecule has 18 heavy (non-hydrogen) atoms. The van der Waals surface area contributed by atoms with E-state index < -0.39 is 0 Å². The molecule has 4 heteroatoms. The van der Waals surface area contributed by atoms with E-state index in [1.165, 1.54) is 12.8 Å². The quantitative estimate of drug-likeness (QED) is 0.741. The Labute approximate surface area is 110 Å². The Balaban J connectivity index is 1.61. The summed E-state index contributed by atoms with van der Waals surface area (Å²) < 4.78 is 0. The van der Waals surface area contributed by atoms with Crippen LogP contribution in [0.4, 0.5) is 0 Å². The molecule has 0 radical (unpaired) electrons. The van der Waals surface area contributed by atoms with Gasteiger partial charge in [0, 0.05) is 25.0 Å². The molecule has 4 nitrogen and oxygen atoms in total. The lowest BCUT2D eigenvalue weighted by molar-refractivity contribution is -0.122. The van der Waals surface area contributed by atoms with E-state index in [2.05, 4.69) is 29.5 Å². The Morgan fingerprint density at radius 1 is 1.33 bits per heavy atom. The monoisotopic (exact) mass is 253 g/mol. The minimum Gasteiger partial charge on any atom is -0.355 e. The molecule has 1 saturated carbocycles. The zero-order valence-corrected chi connectivity index (χ0v) is 11.7. The number of amides is 1. The maximum atomic E-state index is 11.9. The van der Waals surface area contributed by atoms with Crippen LogP contribution in [0.5, 0.6) is 0 Å². The zero-order valence-electron chi connectivity index (χ0n) is 11.7. The number of likely N-dealkylation sites (N-methyl/N-ethyl adjacent to an activating group) is 1. The lowest BCUT2D eigenvalue weighted by Crippen LogP contribution is -2.42. The van der Waals surface area contributed by atoms with E-state index >= 15 is 0 Å². The molecule has 0 spiro atoms. The number of hydrogen-bond donors (Lipinski definition) is 2. The molecule has 0 aromatic carbocycles. The molecule has 2 aliphatic rings. The molecule has 0 aromatic rings. The van der Waals surface area contributed by atoms with Gasteiger partial charge in [0.05, 0.1) is 0 Å². The highest BCUT2D eigenvalue weighted by Crippen LogP contribution is 2.26. The molecule has 1 atom stereocenters. The van der Waals surface area contributed by atoms with Crippen LogP contribution in [-0.4, -0.2) is 49.6 Å². The number of carbonyl (C=O) groups excluding carboxylic acids is 1. The van der Waals surface area contributed by atoms with Crippen molar-refractivity contribution in [3.8, 4) is 0 Å². The van der Waals surface area contributed by atoms with Gasteiger partial charge in [-0.3, -0.25) is 9.69 Å². The van der Waals surface area contributed by atoms with Crippen molar-refractivity contribution in [2.45, 2.75) is 51.1 Å². The number of nitrogens with zero attached hydrogens (tertiary/aromatic N) is 1. The van der Waals surface area contributed by atoms with Gasteiger partial charge in [-0.25, -0.2) is 0 Å². The second-order valence-corrected chi connectivity index (χ2v) is 5.95. The second kappa shape index (κ2) is 6.53. The molecule has 2 fully saturated rings. The van der Waals surface area contributed by atoms with E-state index in [0.29, 0.717) is 18.4 Å². The van der Waals surface area contributed by atoms with Crippen LogP contribution < -0.4 is 10.6 Å². The van der Waals surface area contributed by atoms with Gasteiger partial charge in [-0.15, -0.1) is 0 Å². The largest absolute Gasteiger partial charge is 0.355 e. The second-order valence-electron chi connectivity index (χ2n) is 5.95. The summed E-state index contributed by atoms with van der Waals surface area (Å²) in [5, 5.41) is 6.43. The standard InChI is InChI=1S/C14H27N3O/c1-11(17(2)13-3-4-13)10-16-14(18)9-12-5-7-15-8-6-12/h11-13,15H,3-10H2,1-2H3,(H,16,18). The fourth-order valence-electron chi connectivity index (χ4n) is 2.67. The molecule has 1 amide bonds. The maximum absolute atomic E-state index is 11.9. The topological polar surface area (TPSA) is 44.4 Å². The normalized spacial score (nSPS) is 23.1. The van der Waals surface area contributed by atoms with Gasteiger partial charge < -0.3 is 10.6 Å². The van der Waals surface area contributed by atoms with Crippen LogP contribution in [0.1, 0.15) is 39.0 Å². The summed E-state index contributed by atoms with van der Waals surface area (Å²) in [5.74, 6) is 0.820. The number of piperidine rings is 1. The Morgan fingerprint density at radius 3 is 2.61 bits per heavy atom. The average Bonchev–Trinajstić information content (AvgIpc) is 3.20. The lowest BCUT2D eigenvalue weighted by atomic mass is 9.94. The number of carbonyl (C=O) groups is 1.